The predicted octanol–water partition coefficient (Wildman–Crippen LogP) is -0.704. The fourth-order valence-corrected chi connectivity index (χ4v) is 1.36. The summed E-state index contributed by atoms with van der Waals surface area (Å²) >= 11 is 0. The summed E-state index contributed by atoms with van der Waals surface area (Å²) in [5.41, 5.74) is 0.0399. The Balaban J connectivity index is 1.93. The smallest absolute Gasteiger partial charge is 0.134 e. The number of nitrogens with one attached hydrogen (secondary N) is 2. The number of hydrogen-bond acceptors (Lipinski definition) is 3. The van der Waals surface area contributed by atoms with Gasteiger partial charge in [0.15, 0.2) is 0 Å². The van der Waals surface area contributed by atoms with Gasteiger partial charge in [-0.1, -0.05) is 0 Å². The second-order valence-electron chi connectivity index (χ2n) is 2.70. The first-order chi connectivity index (χ1) is 4.41. The van der Waals surface area contributed by atoms with Gasteiger partial charge in [-0.3, -0.25) is 5.32 Å². The largest absolute Gasteiger partial charge is 0.359 e. The minimum Gasteiger partial charge on any atom is -0.359 e. The molecule has 9 heavy (non-hydrogen) atoms. The van der Waals surface area contributed by atoms with E-state index in [0.717, 1.165) is 26.2 Å². The lowest BCUT2D eigenvalue weighted by molar-refractivity contribution is -0.171. The quantitative estimate of drug-likeness (QED) is 0.452. The number of piperazine rings is 1. The molecule has 2 rings (SSSR count). The normalized spacial score (nSPS) is 42.7. The van der Waals surface area contributed by atoms with E-state index in [-0.39, 0.29) is 5.72 Å². The van der Waals surface area contributed by atoms with Gasteiger partial charge in [0.2, 0.25) is 0 Å². The van der Waals surface area contributed by atoms with Gasteiger partial charge in [0.25, 0.3) is 0 Å². The van der Waals surface area contributed by atoms with Gasteiger partial charge in [0.1, 0.15) is 5.72 Å². The monoisotopic (exact) mass is 128 g/mol. The third-order valence-corrected chi connectivity index (χ3v) is 2.04. The maximum absolute atomic E-state index is 5.39. The van der Waals surface area contributed by atoms with Crippen LogP contribution in [0.3, 0.4) is 0 Å². The Bertz CT molecular complexity index is 104. The molecule has 2 aliphatic heterocycles. The second-order valence-corrected chi connectivity index (χ2v) is 2.70. The molecule has 1 atom stereocenters. The molecule has 1 unspecified atom stereocenters. The van der Waals surface area contributed by atoms with Gasteiger partial charge in [-0.2, -0.15) is 0 Å². The van der Waals surface area contributed by atoms with Crippen LogP contribution in [0, 0.1) is 0 Å². The SMILES string of the molecule is C1CNC2(CCO2)CN1. The van der Waals surface area contributed by atoms with Crippen molar-refractivity contribution in [2.75, 3.05) is 26.2 Å². The third kappa shape index (κ3) is 0.852. The summed E-state index contributed by atoms with van der Waals surface area (Å²) in [6.07, 6.45) is 1.17. The van der Waals surface area contributed by atoms with Crippen molar-refractivity contribution in [2.45, 2.75) is 12.1 Å². The van der Waals surface area contributed by atoms with Gasteiger partial charge in [-0.05, 0) is 0 Å². The molecule has 0 aliphatic carbocycles. The molecular weight excluding hydrogens is 116 g/mol. The van der Waals surface area contributed by atoms with E-state index in [9.17, 15) is 0 Å². The van der Waals surface area contributed by atoms with Crippen molar-refractivity contribution in [2.24, 2.45) is 0 Å². The molecule has 2 heterocycles. The Morgan fingerprint density at radius 3 is 2.56 bits per heavy atom. The van der Waals surface area contributed by atoms with Crippen molar-refractivity contribution in [1.82, 2.24) is 10.6 Å². The third-order valence-electron chi connectivity index (χ3n) is 2.04. The van der Waals surface area contributed by atoms with Crippen molar-refractivity contribution < 1.29 is 4.74 Å². The highest BCUT2D eigenvalue weighted by atomic mass is 16.5. The van der Waals surface area contributed by atoms with Gasteiger partial charge in [-0.15, -0.1) is 0 Å². The van der Waals surface area contributed by atoms with Gasteiger partial charge >= 0.3 is 0 Å². The fourth-order valence-electron chi connectivity index (χ4n) is 1.36. The molecule has 0 bridgehead atoms. The summed E-state index contributed by atoms with van der Waals surface area (Å²) in [7, 11) is 0. The summed E-state index contributed by atoms with van der Waals surface area (Å²) in [5, 5.41) is 6.64. The van der Waals surface area contributed by atoms with Crippen LogP contribution in [0.4, 0.5) is 0 Å². The van der Waals surface area contributed by atoms with Crippen molar-refractivity contribution in [3.8, 4) is 0 Å². The molecule has 0 aromatic rings. The van der Waals surface area contributed by atoms with E-state index >= 15 is 0 Å². The van der Waals surface area contributed by atoms with Crippen LogP contribution >= 0.6 is 0 Å². The first-order valence-electron chi connectivity index (χ1n) is 3.51. The Morgan fingerprint density at radius 2 is 2.22 bits per heavy atom. The second kappa shape index (κ2) is 1.94. The van der Waals surface area contributed by atoms with E-state index in [2.05, 4.69) is 10.6 Å². The minimum absolute atomic E-state index is 0.0399. The molecule has 2 fully saturated rings. The van der Waals surface area contributed by atoms with E-state index in [1.165, 1.54) is 6.42 Å². The molecule has 3 nitrogen and oxygen atoms in total. The highest BCUT2D eigenvalue weighted by Gasteiger charge is 2.38. The lowest BCUT2D eigenvalue weighted by atomic mass is 10.0. The summed E-state index contributed by atoms with van der Waals surface area (Å²) in [5.74, 6) is 0. The number of rotatable bonds is 0. The summed E-state index contributed by atoms with van der Waals surface area (Å²) in [6, 6.07) is 0. The maximum atomic E-state index is 5.39. The van der Waals surface area contributed by atoms with E-state index in [0.29, 0.717) is 0 Å². The molecule has 1 spiro atoms. The van der Waals surface area contributed by atoms with Gasteiger partial charge < -0.3 is 10.1 Å². The van der Waals surface area contributed by atoms with E-state index in [1.807, 2.05) is 0 Å². The standard InChI is InChI=1S/C6H12N2O/c1-4-9-6(1)5-7-2-3-8-6/h7-8H,1-5H2. The lowest BCUT2D eigenvalue weighted by Crippen LogP contribution is -2.65. The average molecular weight is 128 g/mol. The van der Waals surface area contributed by atoms with Crippen LogP contribution in [0.2, 0.25) is 0 Å². The topological polar surface area (TPSA) is 33.3 Å². The Morgan fingerprint density at radius 1 is 1.33 bits per heavy atom. The summed E-state index contributed by atoms with van der Waals surface area (Å²) in [4.78, 5) is 0. The van der Waals surface area contributed by atoms with Gasteiger partial charge in [0.05, 0.1) is 6.61 Å². The lowest BCUT2D eigenvalue weighted by Gasteiger charge is -2.45. The molecule has 0 radical (unpaired) electrons. The molecule has 0 aromatic carbocycles. The molecule has 3 heteroatoms. The molecule has 0 amide bonds. The maximum Gasteiger partial charge on any atom is 0.134 e. The van der Waals surface area contributed by atoms with Crippen molar-refractivity contribution in [3.63, 3.8) is 0 Å². The summed E-state index contributed by atoms with van der Waals surface area (Å²) in [6.45, 7) is 4.02. The number of hydrogen-bond donors (Lipinski definition) is 2. The van der Waals surface area contributed by atoms with Crippen LogP contribution in [0.1, 0.15) is 6.42 Å². The molecule has 2 aliphatic rings. The zero-order chi connectivity index (χ0) is 6.16. The molecular formula is C6H12N2O. The molecule has 2 N–H and O–H groups in total. The van der Waals surface area contributed by atoms with Crippen LogP contribution in [0.5, 0.6) is 0 Å². The van der Waals surface area contributed by atoms with Crippen LogP contribution < -0.4 is 10.6 Å². The Kier molecular flexibility index (Phi) is 1.22. The van der Waals surface area contributed by atoms with Crippen molar-refractivity contribution >= 4 is 0 Å². The van der Waals surface area contributed by atoms with Crippen molar-refractivity contribution in [1.29, 1.82) is 0 Å². The highest BCUT2D eigenvalue weighted by molar-refractivity contribution is 4.90. The zero-order valence-electron chi connectivity index (χ0n) is 5.44. The Hall–Kier alpha value is -0.120. The minimum atomic E-state index is 0.0399. The van der Waals surface area contributed by atoms with Gasteiger partial charge in [0, 0.05) is 26.1 Å². The van der Waals surface area contributed by atoms with E-state index in [1.54, 1.807) is 0 Å². The van der Waals surface area contributed by atoms with Crippen LogP contribution in [0.15, 0.2) is 0 Å². The fraction of sp³-hybridized carbons (Fsp3) is 1.00. The van der Waals surface area contributed by atoms with E-state index in [4.69, 9.17) is 4.74 Å². The first-order valence-corrected chi connectivity index (χ1v) is 3.51. The zero-order valence-corrected chi connectivity index (χ0v) is 5.44. The van der Waals surface area contributed by atoms with E-state index < -0.39 is 0 Å². The first kappa shape index (κ1) is 5.65. The molecule has 0 saturated carbocycles. The van der Waals surface area contributed by atoms with Crippen molar-refractivity contribution in [3.05, 3.63) is 0 Å². The van der Waals surface area contributed by atoms with Crippen LogP contribution in [0.25, 0.3) is 0 Å². The van der Waals surface area contributed by atoms with Gasteiger partial charge in [-0.25, -0.2) is 0 Å². The highest BCUT2D eigenvalue weighted by Crippen LogP contribution is 2.22. The average Bonchev–Trinajstić information content (AvgIpc) is 1.87. The molecule has 52 valence electrons. The molecule has 0 aromatic heterocycles. The molecule has 2 saturated heterocycles. The Labute approximate surface area is 54.8 Å². The van der Waals surface area contributed by atoms with Crippen LogP contribution in [-0.4, -0.2) is 32.0 Å². The number of ether oxygens (including phenoxy) is 1. The van der Waals surface area contributed by atoms with Crippen LogP contribution in [-0.2, 0) is 4.74 Å². The predicted molar refractivity (Wildman–Crippen MR) is 34.2 cm³/mol. The summed E-state index contributed by atoms with van der Waals surface area (Å²) < 4.78 is 5.39.